The molecule has 2 amide bonds. The third-order valence-corrected chi connectivity index (χ3v) is 8.43. The van der Waals surface area contributed by atoms with Crippen molar-refractivity contribution in [2.75, 3.05) is 32.5 Å². The van der Waals surface area contributed by atoms with Gasteiger partial charge in [-0.1, -0.05) is 26.2 Å². The molecular weight excluding hydrogens is 551 g/mol. The van der Waals surface area contributed by atoms with Crippen molar-refractivity contribution >= 4 is 34.8 Å². The number of hydrogen-bond donors (Lipinski definition) is 7. The van der Waals surface area contributed by atoms with Crippen molar-refractivity contribution in [1.82, 2.24) is 10.2 Å². The molecule has 12 nitrogen and oxygen atoms in total. The van der Waals surface area contributed by atoms with Crippen molar-refractivity contribution in [1.29, 1.82) is 0 Å². The number of anilines is 1. The molecule has 0 heterocycles. The molecule has 3 aliphatic rings. The highest BCUT2D eigenvalue weighted by Gasteiger charge is 2.64. The summed E-state index contributed by atoms with van der Waals surface area (Å²) in [5.41, 5.74) is 0.302. The number of halogens is 1. The summed E-state index contributed by atoms with van der Waals surface area (Å²) in [5, 5.41) is 50.2. The number of primary amides is 1. The summed E-state index contributed by atoms with van der Waals surface area (Å²) in [6, 6.07) is -0.314. The van der Waals surface area contributed by atoms with E-state index < -0.39 is 86.7 Å². The number of aliphatic hydroxyl groups is 3. The molecule has 0 unspecified atom stereocenters. The van der Waals surface area contributed by atoms with E-state index in [9.17, 15) is 39.6 Å². The molecule has 0 aliphatic heterocycles. The van der Waals surface area contributed by atoms with Crippen molar-refractivity contribution in [2.45, 2.75) is 57.1 Å². The number of nitrogens with zero attached hydrogens (tertiary/aromatic N) is 1. The predicted molar refractivity (Wildman–Crippen MR) is 150 cm³/mol. The Labute approximate surface area is 242 Å². The zero-order chi connectivity index (χ0) is 31.1. The standard InChI is InChI=1S/C29H37FN4O8/c1-4-5-6-7-8-32-12-18(35)33-17-11-16(30)14-9-13-10-15-22(34(2)3)25(38)21(28(31)41)27(40)29(15,42)26(39)19(13)24(37)20(14)23(17)36/h11,13,15,22,32,36-37,40,42H,4-10,12H2,1-3H3,(H2,31,41)(H,33,35)/t13-,15-,22-,29-/m0/s1. The van der Waals surface area contributed by atoms with Crippen LogP contribution in [0.15, 0.2) is 23.0 Å². The average Bonchev–Trinajstić information content (AvgIpc) is 2.90. The van der Waals surface area contributed by atoms with Crippen LogP contribution < -0.4 is 16.4 Å². The van der Waals surface area contributed by atoms with Crippen LogP contribution in [0.25, 0.3) is 5.76 Å². The van der Waals surface area contributed by atoms with E-state index >= 15 is 4.39 Å². The molecule has 0 radical (unpaired) electrons. The highest BCUT2D eigenvalue weighted by atomic mass is 19.1. The molecule has 0 saturated heterocycles. The third kappa shape index (κ3) is 5.05. The summed E-state index contributed by atoms with van der Waals surface area (Å²) in [7, 11) is 2.98. The summed E-state index contributed by atoms with van der Waals surface area (Å²) in [6.45, 7) is 2.57. The van der Waals surface area contributed by atoms with E-state index in [0.717, 1.165) is 31.7 Å². The van der Waals surface area contributed by atoms with Crippen molar-refractivity contribution in [3.8, 4) is 5.75 Å². The number of aromatic hydroxyl groups is 1. The van der Waals surface area contributed by atoms with Gasteiger partial charge in [0.15, 0.2) is 17.1 Å². The van der Waals surface area contributed by atoms with Gasteiger partial charge in [0, 0.05) is 23.1 Å². The van der Waals surface area contributed by atoms with Crippen LogP contribution in [0.4, 0.5) is 10.1 Å². The third-order valence-electron chi connectivity index (χ3n) is 8.43. The van der Waals surface area contributed by atoms with E-state index in [2.05, 4.69) is 17.6 Å². The molecule has 4 atom stereocenters. The van der Waals surface area contributed by atoms with Crippen LogP contribution in [0.3, 0.4) is 0 Å². The van der Waals surface area contributed by atoms with Gasteiger partial charge in [0.25, 0.3) is 5.91 Å². The molecule has 228 valence electrons. The molecule has 1 aromatic rings. The Kier molecular flexibility index (Phi) is 8.76. The van der Waals surface area contributed by atoms with Crippen LogP contribution in [0, 0.1) is 17.7 Å². The Balaban J connectivity index is 1.71. The number of amides is 2. The number of rotatable bonds is 10. The lowest BCUT2D eigenvalue weighted by Gasteiger charge is -2.50. The second kappa shape index (κ2) is 11.8. The largest absolute Gasteiger partial charge is 0.508 e. The number of hydrogen-bond acceptors (Lipinski definition) is 10. The van der Waals surface area contributed by atoms with Gasteiger partial charge in [-0.3, -0.25) is 24.1 Å². The summed E-state index contributed by atoms with van der Waals surface area (Å²) in [4.78, 5) is 52.9. The molecule has 0 spiro atoms. The minimum absolute atomic E-state index is 0.105. The Hall–Kier alpha value is -3.81. The van der Waals surface area contributed by atoms with Crippen LogP contribution in [0.2, 0.25) is 0 Å². The summed E-state index contributed by atoms with van der Waals surface area (Å²) < 4.78 is 15.4. The topological polar surface area (TPSA) is 203 Å². The molecule has 1 fully saturated rings. The predicted octanol–water partition coefficient (Wildman–Crippen LogP) is 1.21. The fourth-order valence-electron chi connectivity index (χ4n) is 6.43. The molecule has 42 heavy (non-hydrogen) atoms. The number of carbonyl (C=O) groups is 4. The number of ketones is 2. The van der Waals surface area contributed by atoms with Gasteiger partial charge in [-0.15, -0.1) is 0 Å². The molecule has 1 saturated carbocycles. The Morgan fingerprint density at radius 2 is 1.86 bits per heavy atom. The van der Waals surface area contributed by atoms with E-state index in [0.29, 0.717) is 6.54 Å². The second-order valence-electron chi connectivity index (χ2n) is 11.4. The number of unbranched alkanes of at least 4 members (excludes halogenated alkanes) is 3. The van der Waals surface area contributed by atoms with Crippen LogP contribution in [0.5, 0.6) is 5.75 Å². The van der Waals surface area contributed by atoms with Gasteiger partial charge in [0.05, 0.1) is 23.8 Å². The fraction of sp³-hybridized carbons (Fsp3) is 0.517. The van der Waals surface area contributed by atoms with E-state index in [1.54, 1.807) is 0 Å². The van der Waals surface area contributed by atoms with Crippen LogP contribution >= 0.6 is 0 Å². The molecule has 3 aliphatic carbocycles. The highest BCUT2D eigenvalue weighted by Crippen LogP contribution is 2.53. The number of phenolic OH excluding ortho intramolecular Hbond substituents is 1. The second-order valence-corrected chi connectivity index (χ2v) is 11.4. The highest BCUT2D eigenvalue weighted by molar-refractivity contribution is 6.24. The number of Topliss-reactive ketones (excluding diaryl/α,β-unsaturated/α-hetero) is 2. The molecule has 4 rings (SSSR count). The summed E-state index contributed by atoms with van der Waals surface area (Å²) in [6.07, 6.45) is 3.68. The number of nitrogens with one attached hydrogen (secondary N) is 2. The van der Waals surface area contributed by atoms with Gasteiger partial charge in [-0.2, -0.15) is 0 Å². The lowest BCUT2D eigenvalue weighted by Crippen LogP contribution is -2.65. The number of benzene rings is 1. The minimum Gasteiger partial charge on any atom is -0.508 e. The number of phenols is 1. The monoisotopic (exact) mass is 588 g/mol. The molecule has 0 aromatic heterocycles. The van der Waals surface area contributed by atoms with Crippen LogP contribution in [0.1, 0.15) is 50.2 Å². The summed E-state index contributed by atoms with van der Waals surface area (Å²) >= 11 is 0. The maximum absolute atomic E-state index is 15.4. The maximum atomic E-state index is 15.4. The zero-order valence-corrected chi connectivity index (χ0v) is 23.8. The first kappa shape index (κ1) is 31.1. The first-order valence-electron chi connectivity index (χ1n) is 14.0. The fourth-order valence-corrected chi connectivity index (χ4v) is 6.43. The van der Waals surface area contributed by atoms with Crippen molar-refractivity contribution in [3.63, 3.8) is 0 Å². The quantitative estimate of drug-likeness (QED) is 0.118. The van der Waals surface area contributed by atoms with Gasteiger partial charge >= 0.3 is 0 Å². The molecule has 0 bridgehead atoms. The van der Waals surface area contributed by atoms with Crippen molar-refractivity contribution in [3.05, 3.63) is 39.9 Å². The van der Waals surface area contributed by atoms with Crippen LogP contribution in [-0.2, 0) is 25.6 Å². The van der Waals surface area contributed by atoms with Gasteiger partial charge in [-0.05, 0) is 45.8 Å². The van der Waals surface area contributed by atoms with E-state index in [-0.39, 0.29) is 30.6 Å². The number of likely N-dealkylation sites (N-methyl/N-ethyl adjacent to an activating group) is 1. The first-order valence-corrected chi connectivity index (χ1v) is 14.0. The molecule has 13 heteroatoms. The lowest BCUT2D eigenvalue weighted by atomic mass is 9.57. The van der Waals surface area contributed by atoms with Crippen LogP contribution in [-0.4, -0.2) is 87.5 Å². The number of carbonyl (C=O) groups excluding carboxylic acids is 4. The summed E-state index contributed by atoms with van der Waals surface area (Å²) in [5.74, 6) is -9.74. The minimum atomic E-state index is -2.80. The zero-order valence-electron chi connectivity index (χ0n) is 23.8. The SMILES string of the molecule is CCCCCCNCC(=O)Nc1cc(F)c2c(c1O)C(O)=C1C(=O)[C@]3(O)C(O)=C(C(N)=O)C(=O)[C@@H](N(C)C)[C@@H]3C[C@@H]1C2. The first-order chi connectivity index (χ1) is 19.8. The molecule has 8 N–H and O–H groups in total. The normalized spacial score (nSPS) is 25.3. The van der Waals surface area contributed by atoms with E-state index in [4.69, 9.17) is 5.73 Å². The van der Waals surface area contributed by atoms with Gasteiger partial charge in [0.1, 0.15) is 22.9 Å². The maximum Gasteiger partial charge on any atom is 0.255 e. The lowest BCUT2D eigenvalue weighted by molar-refractivity contribution is -0.153. The Morgan fingerprint density at radius 1 is 1.17 bits per heavy atom. The number of fused-ring (bicyclic) bond motifs is 3. The van der Waals surface area contributed by atoms with E-state index in [1.165, 1.54) is 19.0 Å². The van der Waals surface area contributed by atoms with Gasteiger partial charge in [0.2, 0.25) is 11.7 Å². The smallest absolute Gasteiger partial charge is 0.255 e. The average molecular weight is 589 g/mol. The van der Waals surface area contributed by atoms with Crippen molar-refractivity contribution in [2.24, 2.45) is 17.6 Å². The Bertz CT molecular complexity index is 1400. The van der Waals surface area contributed by atoms with Crippen molar-refractivity contribution < 1.29 is 44.0 Å². The molecular formula is C29H37FN4O8. The number of nitrogens with two attached hydrogens (primary N) is 1. The molecule has 1 aromatic carbocycles. The van der Waals surface area contributed by atoms with Gasteiger partial charge < -0.3 is 36.8 Å². The Morgan fingerprint density at radius 3 is 2.48 bits per heavy atom. The number of aliphatic hydroxyl groups excluding tert-OH is 2. The van der Waals surface area contributed by atoms with Gasteiger partial charge in [-0.25, -0.2) is 4.39 Å². The van der Waals surface area contributed by atoms with E-state index in [1.807, 2.05) is 0 Å².